The molecule has 1 aliphatic heterocycles. The average Bonchev–Trinajstić information content (AvgIpc) is 3.42. The number of aromatic nitrogens is 5. The summed E-state index contributed by atoms with van der Waals surface area (Å²) in [6.45, 7) is 0.487. The van der Waals surface area contributed by atoms with E-state index in [2.05, 4.69) is 19.9 Å². The molecule has 5 heterocycles. The van der Waals surface area contributed by atoms with Gasteiger partial charge in [0.1, 0.15) is 6.04 Å². The third-order valence-electron chi connectivity index (χ3n) is 6.55. The number of benzene rings is 1. The van der Waals surface area contributed by atoms with Crippen LogP contribution in [0, 0.1) is 0 Å². The Morgan fingerprint density at radius 1 is 0.972 bits per heavy atom. The molecular weight excluding hydrogens is 450 g/mol. The van der Waals surface area contributed by atoms with Crippen molar-refractivity contribution >= 4 is 22.3 Å². The molecule has 5 aromatic rings. The number of H-pyrrole nitrogens is 1. The SMILES string of the molecule is N/C=C(/C(=O)N1CCc2nc[nH]c2[C@H]1c1cc2ccccc2cn1)c1ccc(-c2cccnc2)cn1. The zero-order valence-corrected chi connectivity index (χ0v) is 19.4. The summed E-state index contributed by atoms with van der Waals surface area (Å²) in [5, 5.41) is 2.10. The van der Waals surface area contributed by atoms with Gasteiger partial charge in [0.25, 0.3) is 5.91 Å². The van der Waals surface area contributed by atoms with E-state index in [0.29, 0.717) is 24.2 Å². The molecule has 176 valence electrons. The van der Waals surface area contributed by atoms with E-state index in [-0.39, 0.29) is 5.91 Å². The Kier molecular flexibility index (Phi) is 5.46. The molecule has 1 aromatic carbocycles. The van der Waals surface area contributed by atoms with Gasteiger partial charge in [-0.05, 0) is 23.6 Å². The van der Waals surface area contributed by atoms with Crippen LogP contribution in [0.4, 0.5) is 0 Å². The standard InChI is InChI=1S/C28H23N7O/c29-13-22(23-8-7-21(16-31-23)19-6-3-10-30-14-19)28(36)35-11-9-24-26(34-17-33-24)27(35)25-12-18-4-1-2-5-20(18)15-32-25/h1-8,10,12-17,27H,9,11,29H2,(H,33,34)/b22-13+/t27-/m1/s1. The molecule has 1 atom stereocenters. The summed E-state index contributed by atoms with van der Waals surface area (Å²) in [6.07, 6.45) is 10.7. The van der Waals surface area contributed by atoms with Gasteiger partial charge in [0, 0.05) is 60.5 Å². The summed E-state index contributed by atoms with van der Waals surface area (Å²) in [7, 11) is 0. The second-order valence-electron chi connectivity index (χ2n) is 8.62. The van der Waals surface area contributed by atoms with Gasteiger partial charge < -0.3 is 15.6 Å². The first-order chi connectivity index (χ1) is 17.7. The molecule has 1 amide bonds. The van der Waals surface area contributed by atoms with Gasteiger partial charge in [-0.3, -0.25) is 19.7 Å². The fraction of sp³-hybridized carbons (Fsp3) is 0.107. The van der Waals surface area contributed by atoms with Crippen molar-refractivity contribution in [2.75, 3.05) is 6.54 Å². The first-order valence-corrected chi connectivity index (χ1v) is 11.7. The molecule has 36 heavy (non-hydrogen) atoms. The normalized spacial score (nSPS) is 15.6. The molecule has 0 saturated carbocycles. The summed E-state index contributed by atoms with van der Waals surface area (Å²) in [5.41, 5.74) is 11.3. The van der Waals surface area contributed by atoms with Gasteiger partial charge in [-0.25, -0.2) is 4.98 Å². The van der Waals surface area contributed by atoms with Gasteiger partial charge in [0.15, 0.2) is 0 Å². The van der Waals surface area contributed by atoms with Crippen molar-refractivity contribution in [3.8, 4) is 11.1 Å². The maximum absolute atomic E-state index is 13.9. The molecule has 0 bridgehead atoms. The van der Waals surface area contributed by atoms with E-state index < -0.39 is 6.04 Å². The third kappa shape index (κ3) is 3.78. The number of carbonyl (C=O) groups is 1. The molecule has 0 aliphatic carbocycles. The monoisotopic (exact) mass is 473 g/mol. The molecule has 6 rings (SSSR count). The Bertz CT molecular complexity index is 1570. The zero-order valence-electron chi connectivity index (χ0n) is 19.4. The van der Waals surface area contributed by atoms with Crippen LogP contribution >= 0.6 is 0 Å². The maximum Gasteiger partial charge on any atom is 0.258 e. The van der Waals surface area contributed by atoms with Gasteiger partial charge in [-0.1, -0.05) is 36.4 Å². The van der Waals surface area contributed by atoms with E-state index in [1.807, 2.05) is 60.8 Å². The van der Waals surface area contributed by atoms with Crippen LogP contribution < -0.4 is 5.73 Å². The minimum absolute atomic E-state index is 0.209. The molecule has 3 N–H and O–H groups in total. The van der Waals surface area contributed by atoms with E-state index in [1.54, 1.807) is 29.8 Å². The minimum Gasteiger partial charge on any atom is -0.404 e. The van der Waals surface area contributed by atoms with Crippen LogP contribution in [0.1, 0.15) is 28.8 Å². The molecule has 0 saturated heterocycles. The van der Waals surface area contributed by atoms with Crippen molar-refractivity contribution in [3.63, 3.8) is 0 Å². The molecule has 8 heteroatoms. The number of imidazole rings is 1. The summed E-state index contributed by atoms with van der Waals surface area (Å²) < 4.78 is 0. The highest BCUT2D eigenvalue weighted by molar-refractivity contribution is 6.19. The molecule has 0 spiro atoms. The Morgan fingerprint density at radius 3 is 2.61 bits per heavy atom. The summed E-state index contributed by atoms with van der Waals surface area (Å²) in [4.78, 5) is 36.9. The lowest BCUT2D eigenvalue weighted by atomic mass is 9.96. The number of fused-ring (bicyclic) bond motifs is 2. The number of pyridine rings is 3. The maximum atomic E-state index is 13.9. The van der Waals surface area contributed by atoms with Crippen LogP contribution in [0.3, 0.4) is 0 Å². The number of nitrogens with zero attached hydrogens (tertiary/aromatic N) is 5. The van der Waals surface area contributed by atoms with Crippen molar-refractivity contribution in [2.45, 2.75) is 12.5 Å². The van der Waals surface area contributed by atoms with Gasteiger partial charge in [0.2, 0.25) is 0 Å². The fourth-order valence-electron chi connectivity index (χ4n) is 4.73. The highest BCUT2D eigenvalue weighted by atomic mass is 16.2. The van der Waals surface area contributed by atoms with E-state index in [4.69, 9.17) is 10.7 Å². The predicted octanol–water partition coefficient (Wildman–Crippen LogP) is 3.89. The molecular formula is C28H23N7O. The number of amides is 1. The highest BCUT2D eigenvalue weighted by Gasteiger charge is 2.36. The highest BCUT2D eigenvalue weighted by Crippen LogP contribution is 2.35. The number of nitrogens with one attached hydrogen (secondary N) is 1. The van der Waals surface area contributed by atoms with Gasteiger partial charge in [0.05, 0.1) is 34.7 Å². The molecule has 1 aliphatic rings. The van der Waals surface area contributed by atoms with Crippen LogP contribution in [0.2, 0.25) is 0 Å². The number of aromatic amines is 1. The van der Waals surface area contributed by atoms with E-state index >= 15 is 0 Å². The largest absolute Gasteiger partial charge is 0.404 e. The first kappa shape index (κ1) is 21.7. The van der Waals surface area contributed by atoms with Gasteiger partial charge in [-0.15, -0.1) is 0 Å². The molecule has 0 radical (unpaired) electrons. The zero-order chi connectivity index (χ0) is 24.5. The smallest absolute Gasteiger partial charge is 0.258 e. The summed E-state index contributed by atoms with van der Waals surface area (Å²) in [6, 6.07) is 17.2. The summed E-state index contributed by atoms with van der Waals surface area (Å²) >= 11 is 0. The number of hydrogen-bond donors (Lipinski definition) is 2. The first-order valence-electron chi connectivity index (χ1n) is 11.7. The van der Waals surface area contributed by atoms with E-state index in [9.17, 15) is 4.79 Å². The molecule has 0 fully saturated rings. The lowest BCUT2D eigenvalue weighted by Crippen LogP contribution is -2.41. The minimum atomic E-state index is -0.419. The Balaban J connectivity index is 1.36. The average molecular weight is 474 g/mol. The third-order valence-corrected chi connectivity index (χ3v) is 6.55. The van der Waals surface area contributed by atoms with Gasteiger partial charge in [-0.2, -0.15) is 0 Å². The van der Waals surface area contributed by atoms with Crippen LogP contribution in [0.5, 0.6) is 0 Å². The topological polar surface area (TPSA) is 114 Å². The number of rotatable bonds is 4. The Labute approximate surface area is 207 Å². The second kappa shape index (κ2) is 9.07. The van der Waals surface area contributed by atoms with Crippen molar-refractivity contribution in [2.24, 2.45) is 5.73 Å². The van der Waals surface area contributed by atoms with Crippen LogP contribution in [0.15, 0.2) is 91.9 Å². The number of nitrogens with two attached hydrogens (primary N) is 1. The quantitative estimate of drug-likeness (QED) is 0.383. The Hall–Kier alpha value is -4.85. The van der Waals surface area contributed by atoms with E-state index in [1.165, 1.54) is 6.20 Å². The van der Waals surface area contributed by atoms with Crippen molar-refractivity contribution in [1.82, 2.24) is 29.8 Å². The molecule has 4 aromatic heterocycles. The van der Waals surface area contributed by atoms with Crippen LogP contribution in [-0.2, 0) is 11.2 Å². The number of carbonyl (C=O) groups excluding carboxylic acids is 1. The van der Waals surface area contributed by atoms with Crippen LogP contribution in [-0.4, -0.2) is 42.3 Å². The van der Waals surface area contributed by atoms with Crippen molar-refractivity contribution < 1.29 is 4.79 Å². The van der Waals surface area contributed by atoms with Crippen LogP contribution in [0.25, 0.3) is 27.5 Å². The van der Waals surface area contributed by atoms with Crippen molar-refractivity contribution in [1.29, 1.82) is 0 Å². The summed E-state index contributed by atoms with van der Waals surface area (Å²) in [5.74, 6) is -0.209. The van der Waals surface area contributed by atoms with Crippen molar-refractivity contribution in [3.05, 3.63) is 115 Å². The predicted molar refractivity (Wildman–Crippen MR) is 137 cm³/mol. The number of hydrogen-bond acceptors (Lipinski definition) is 6. The lowest BCUT2D eigenvalue weighted by molar-refractivity contribution is -0.127. The van der Waals surface area contributed by atoms with E-state index in [0.717, 1.165) is 39.0 Å². The van der Waals surface area contributed by atoms with Gasteiger partial charge >= 0.3 is 0 Å². The molecule has 0 unspecified atom stereocenters. The lowest BCUT2D eigenvalue weighted by Gasteiger charge is -2.35. The fourth-order valence-corrected chi connectivity index (χ4v) is 4.73. The second-order valence-corrected chi connectivity index (χ2v) is 8.62. The molecule has 8 nitrogen and oxygen atoms in total. The Morgan fingerprint density at radius 2 is 1.83 bits per heavy atom.